The Morgan fingerprint density at radius 3 is 2.90 bits per heavy atom. The second-order valence-electron chi connectivity index (χ2n) is 4.28. The van der Waals surface area contributed by atoms with Gasteiger partial charge in [-0.15, -0.1) is 0 Å². The minimum atomic E-state index is -0.419. The van der Waals surface area contributed by atoms with E-state index in [2.05, 4.69) is 17.2 Å². The van der Waals surface area contributed by atoms with Gasteiger partial charge >= 0.3 is 5.97 Å². The van der Waals surface area contributed by atoms with Crippen LogP contribution < -0.4 is 11.1 Å². The van der Waals surface area contributed by atoms with Gasteiger partial charge in [-0.25, -0.2) is 9.78 Å². The molecule has 0 aliphatic heterocycles. The van der Waals surface area contributed by atoms with Crippen molar-refractivity contribution in [2.24, 2.45) is 0 Å². The molecule has 6 heteroatoms. The second-order valence-corrected chi connectivity index (χ2v) is 4.28. The molecule has 0 saturated heterocycles. The van der Waals surface area contributed by atoms with Crippen molar-refractivity contribution in [3.05, 3.63) is 17.8 Å². The molecule has 1 heterocycles. The van der Waals surface area contributed by atoms with Crippen LogP contribution in [-0.4, -0.2) is 37.3 Å². The van der Waals surface area contributed by atoms with Crippen LogP contribution in [-0.2, 0) is 9.47 Å². The van der Waals surface area contributed by atoms with Crippen LogP contribution in [0.25, 0.3) is 0 Å². The molecule has 0 atom stereocenters. The molecule has 1 aromatic heterocycles. The van der Waals surface area contributed by atoms with Crippen LogP contribution in [0.1, 0.15) is 37.0 Å². The Balaban J connectivity index is 2.53. The number of aromatic nitrogens is 1. The maximum Gasteiger partial charge on any atom is 0.341 e. The number of hydrogen-bond donors (Lipinski definition) is 2. The molecule has 0 fully saturated rings. The Labute approximate surface area is 119 Å². The van der Waals surface area contributed by atoms with Gasteiger partial charge in [0.15, 0.2) is 0 Å². The van der Waals surface area contributed by atoms with E-state index in [-0.39, 0.29) is 0 Å². The maximum absolute atomic E-state index is 11.8. The highest BCUT2D eigenvalue weighted by molar-refractivity contribution is 5.95. The number of ether oxygens (including phenoxy) is 2. The predicted octanol–water partition coefficient (Wildman–Crippen LogP) is 2.07. The molecule has 1 rings (SSSR count). The van der Waals surface area contributed by atoms with Crippen molar-refractivity contribution in [3.63, 3.8) is 0 Å². The van der Waals surface area contributed by atoms with Gasteiger partial charge in [0.2, 0.25) is 0 Å². The number of esters is 1. The third-order valence-corrected chi connectivity index (χ3v) is 2.51. The monoisotopic (exact) mass is 281 g/mol. The molecule has 112 valence electrons. The predicted molar refractivity (Wildman–Crippen MR) is 78.8 cm³/mol. The Kier molecular flexibility index (Phi) is 7.42. The summed E-state index contributed by atoms with van der Waals surface area (Å²) >= 11 is 0. The first-order chi connectivity index (χ1) is 9.69. The number of carbonyl (C=O) groups excluding carboxylic acids is 1. The SMILES string of the molecule is CCCOCCCNc1ncc(N)cc1C(=O)OCC. The number of rotatable bonds is 9. The lowest BCUT2D eigenvalue weighted by atomic mass is 10.2. The third-order valence-electron chi connectivity index (χ3n) is 2.51. The largest absolute Gasteiger partial charge is 0.462 e. The first-order valence-electron chi connectivity index (χ1n) is 6.93. The summed E-state index contributed by atoms with van der Waals surface area (Å²) in [6.45, 7) is 6.28. The molecule has 3 N–H and O–H groups in total. The smallest absolute Gasteiger partial charge is 0.341 e. The van der Waals surface area contributed by atoms with Gasteiger partial charge < -0.3 is 20.5 Å². The van der Waals surface area contributed by atoms with E-state index in [0.29, 0.717) is 36.8 Å². The number of pyridine rings is 1. The Bertz CT molecular complexity index is 424. The summed E-state index contributed by atoms with van der Waals surface area (Å²) in [5.74, 6) is 0.0742. The second kappa shape index (κ2) is 9.14. The Morgan fingerprint density at radius 2 is 2.20 bits per heavy atom. The number of carbonyl (C=O) groups is 1. The molecule has 0 unspecified atom stereocenters. The zero-order chi connectivity index (χ0) is 14.8. The van der Waals surface area contributed by atoms with Crippen molar-refractivity contribution in [1.29, 1.82) is 0 Å². The quantitative estimate of drug-likeness (QED) is 0.532. The molecule has 0 spiro atoms. The minimum absolute atomic E-state index is 0.317. The Hall–Kier alpha value is -1.82. The summed E-state index contributed by atoms with van der Waals surface area (Å²) in [7, 11) is 0. The summed E-state index contributed by atoms with van der Waals surface area (Å²) < 4.78 is 10.4. The number of nitrogen functional groups attached to an aromatic ring is 1. The number of anilines is 2. The summed E-state index contributed by atoms with van der Waals surface area (Å²) in [5.41, 5.74) is 6.45. The van der Waals surface area contributed by atoms with E-state index in [4.69, 9.17) is 15.2 Å². The molecule has 0 amide bonds. The standard InChI is InChI=1S/C14H23N3O3/c1-3-7-19-8-5-6-16-13-12(14(18)20-4-2)9-11(15)10-17-13/h9-10H,3-8,15H2,1-2H3,(H,16,17). The number of nitrogens with zero attached hydrogens (tertiary/aromatic N) is 1. The lowest BCUT2D eigenvalue weighted by molar-refractivity contribution is 0.0527. The van der Waals surface area contributed by atoms with Gasteiger partial charge in [0.05, 0.1) is 18.5 Å². The van der Waals surface area contributed by atoms with Crippen LogP contribution in [0.15, 0.2) is 12.3 Å². The minimum Gasteiger partial charge on any atom is -0.462 e. The number of nitrogens with two attached hydrogens (primary N) is 1. The maximum atomic E-state index is 11.8. The van der Waals surface area contributed by atoms with Gasteiger partial charge in [-0.3, -0.25) is 0 Å². The van der Waals surface area contributed by atoms with Crippen LogP contribution in [0.2, 0.25) is 0 Å². The van der Waals surface area contributed by atoms with E-state index in [1.165, 1.54) is 6.20 Å². The highest BCUT2D eigenvalue weighted by atomic mass is 16.5. The topological polar surface area (TPSA) is 86.5 Å². The third kappa shape index (κ3) is 5.44. The average molecular weight is 281 g/mol. The van der Waals surface area contributed by atoms with Crippen LogP contribution in [0, 0.1) is 0 Å². The molecule has 6 nitrogen and oxygen atoms in total. The summed E-state index contributed by atoms with van der Waals surface area (Å²) in [4.78, 5) is 15.9. The van der Waals surface area contributed by atoms with E-state index < -0.39 is 5.97 Å². The fraction of sp³-hybridized carbons (Fsp3) is 0.571. The molecule has 20 heavy (non-hydrogen) atoms. The van der Waals surface area contributed by atoms with Crippen molar-refractivity contribution < 1.29 is 14.3 Å². The van der Waals surface area contributed by atoms with Crippen LogP contribution in [0.5, 0.6) is 0 Å². The zero-order valence-corrected chi connectivity index (χ0v) is 12.1. The van der Waals surface area contributed by atoms with E-state index in [9.17, 15) is 4.79 Å². The molecule has 0 saturated carbocycles. The van der Waals surface area contributed by atoms with Crippen molar-refractivity contribution in [2.45, 2.75) is 26.7 Å². The van der Waals surface area contributed by atoms with Gasteiger partial charge in [0, 0.05) is 19.8 Å². The lowest BCUT2D eigenvalue weighted by Crippen LogP contribution is -2.14. The fourth-order valence-electron chi connectivity index (χ4n) is 1.61. The van der Waals surface area contributed by atoms with Crippen LogP contribution in [0.3, 0.4) is 0 Å². The molecule has 0 bridgehead atoms. The molecular weight excluding hydrogens is 258 g/mol. The number of hydrogen-bond acceptors (Lipinski definition) is 6. The first-order valence-corrected chi connectivity index (χ1v) is 6.93. The van der Waals surface area contributed by atoms with E-state index in [1.54, 1.807) is 13.0 Å². The Morgan fingerprint density at radius 1 is 1.40 bits per heavy atom. The first kappa shape index (κ1) is 16.2. The van der Waals surface area contributed by atoms with Crippen molar-refractivity contribution in [3.8, 4) is 0 Å². The number of nitrogens with one attached hydrogen (secondary N) is 1. The van der Waals surface area contributed by atoms with Gasteiger partial charge in [-0.2, -0.15) is 0 Å². The van der Waals surface area contributed by atoms with Gasteiger partial charge in [-0.1, -0.05) is 6.92 Å². The van der Waals surface area contributed by atoms with Gasteiger partial charge in [0.25, 0.3) is 0 Å². The molecule has 1 aromatic rings. The normalized spacial score (nSPS) is 10.3. The molecule has 0 aliphatic rings. The van der Waals surface area contributed by atoms with Crippen LogP contribution >= 0.6 is 0 Å². The summed E-state index contributed by atoms with van der Waals surface area (Å²) in [5, 5.41) is 3.11. The van der Waals surface area contributed by atoms with Crippen LogP contribution in [0.4, 0.5) is 11.5 Å². The summed E-state index contributed by atoms with van der Waals surface area (Å²) in [6, 6.07) is 1.57. The van der Waals surface area contributed by atoms with E-state index in [1.807, 2.05) is 0 Å². The molecule has 0 aliphatic carbocycles. The van der Waals surface area contributed by atoms with Crippen molar-refractivity contribution >= 4 is 17.5 Å². The summed E-state index contributed by atoms with van der Waals surface area (Å²) in [6.07, 6.45) is 3.37. The van der Waals surface area contributed by atoms with E-state index >= 15 is 0 Å². The zero-order valence-electron chi connectivity index (χ0n) is 12.1. The van der Waals surface area contributed by atoms with Crippen molar-refractivity contribution in [2.75, 3.05) is 37.4 Å². The highest BCUT2D eigenvalue weighted by Gasteiger charge is 2.14. The van der Waals surface area contributed by atoms with E-state index in [0.717, 1.165) is 19.4 Å². The molecule has 0 radical (unpaired) electrons. The molecular formula is C14H23N3O3. The van der Waals surface area contributed by atoms with Gasteiger partial charge in [0.1, 0.15) is 11.4 Å². The molecule has 0 aromatic carbocycles. The van der Waals surface area contributed by atoms with Crippen molar-refractivity contribution in [1.82, 2.24) is 4.98 Å². The highest BCUT2D eigenvalue weighted by Crippen LogP contribution is 2.16. The van der Waals surface area contributed by atoms with Gasteiger partial charge in [-0.05, 0) is 25.8 Å². The lowest BCUT2D eigenvalue weighted by Gasteiger charge is -2.11. The fourth-order valence-corrected chi connectivity index (χ4v) is 1.61. The average Bonchev–Trinajstić information content (AvgIpc) is 2.44.